The fourth-order valence-electron chi connectivity index (χ4n) is 5.06. The van der Waals surface area contributed by atoms with Crippen molar-refractivity contribution < 1.29 is 14.7 Å². The lowest BCUT2D eigenvalue weighted by molar-refractivity contribution is -0.149. The van der Waals surface area contributed by atoms with E-state index in [1.54, 1.807) is 0 Å². The van der Waals surface area contributed by atoms with Gasteiger partial charge in [0.05, 0.1) is 5.41 Å². The van der Waals surface area contributed by atoms with Gasteiger partial charge in [-0.05, 0) is 44.2 Å². The van der Waals surface area contributed by atoms with Crippen LogP contribution in [0.25, 0.3) is 5.57 Å². The number of nitrogens with two attached hydrogens (primary N) is 1. The maximum absolute atomic E-state index is 12.4. The van der Waals surface area contributed by atoms with Crippen LogP contribution in [0.2, 0.25) is 0 Å². The summed E-state index contributed by atoms with van der Waals surface area (Å²) in [5.74, 6) is -1.77. The normalized spacial score (nSPS) is 24.2. The van der Waals surface area contributed by atoms with E-state index in [2.05, 4.69) is 23.1 Å². The van der Waals surface area contributed by atoms with E-state index in [9.17, 15) is 14.7 Å². The Hall–Kier alpha value is -2.56. The van der Waals surface area contributed by atoms with Crippen molar-refractivity contribution in [1.82, 2.24) is 0 Å². The van der Waals surface area contributed by atoms with E-state index >= 15 is 0 Å². The highest BCUT2D eigenvalue weighted by molar-refractivity contribution is 5.90. The van der Waals surface area contributed by atoms with Gasteiger partial charge in [0.1, 0.15) is 0 Å². The van der Waals surface area contributed by atoms with Crippen LogP contribution in [0.15, 0.2) is 42.0 Å². The van der Waals surface area contributed by atoms with Crippen LogP contribution in [0.5, 0.6) is 0 Å². The second-order valence-electron chi connectivity index (χ2n) is 8.67. The topological polar surface area (TPSA) is 83.6 Å². The summed E-state index contributed by atoms with van der Waals surface area (Å²) in [6.45, 7) is 6.10. The molecule has 5 heteroatoms. The molecular formula is C25H34N2O3. The second kappa shape index (κ2) is 9.50. The molecule has 2 atom stereocenters. The minimum Gasteiger partial charge on any atom is -0.481 e. The number of allylic oxidation sites excluding steroid dienone is 3. The Morgan fingerprint density at radius 3 is 2.53 bits per heavy atom. The van der Waals surface area contributed by atoms with E-state index in [1.807, 2.05) is 32.1 Å². The number of primary amides is 1. The predicted octanol–water partition coefficient (Wildman–Crippen LogP) is 4.77. The maximum Gasteiger partial charge on any atom is 0.314 e. The summed E-state index contributed by atoms with van der Waals surface area (Å²) in [5.41, 5.74) is 8.76. The van der Waals surface area contributed by atoms with Gasteiger partial charge in [0.2, 0.25) is 5.91 Å². The van der Waals surface area contributed by atoms with Crippen molar-refractivity contribution >= 4 is 23.1 Å². The highest BCUT2D eigenvalue weighted by atomic mass is 16.4. The van der Waals surface area contributed by atoms with E-state index in [1.165, 1.54) is 24.9 Å². The molecule has 2 unspecified atom stereocenters. The predicted molar refractivity (Wildman–Crippen MR) is 121 cm³/mol. The van der Waals surface area contributed by atoms with Gasteiger partial charge in [0, 0.05) is 36.7 Å². The van der Waals surface area contributed by atoms with E-state index < -0.39 is 23.2 Å². The van der Waals surface area contributed by atoms with Gasteiger partial charge in [-0.15, -0.1) is 0 Å². The van der Waals surface area contributed by atoms with E-state index in [4.69, 9.17) is 5.73 Å². The van der Waals surface area contributed by atoms with E-state index in [0.29, 0.717) is 6.42 Å². The van der Waals surface area contributed by atoms with Crippen molar-refractivity contribution in [1.29, 1.82) is 0 Å². The Morgan fingerprint density at radius 2 is 1.90 bits per heavy atom. The third-order valence-corrected chi connectivity index (χ3v) is 6.76. The molecule has 0 aromatic heterocycles. The number of carbonyl (C=O) groups is 2. The van der Waals surface area contributed by atoms with Crippen molar-refractivity contribution in [2.45, 2.75) is 58.8 Å². The molecule has 1 heterocycles. The number of carboxylic acid groups (broad SMARTS) is 1. The number of aliphatic carboxylic acids is 1. The van der Waals surface area contributed by atoms with E-state index in [-0.39, 0.29) is 6.42 Å². The molecule has 0 saturated carbocycles. The molecule has 3 rings (SSSR count). The average Bonchev–Trinajstić information content (AvgIpc) is 2.74. The number of benzene rings is 1. The van der Waals surface area contributed by atoms with Gasteiger partial charge in [0.25, 0.3) is 0 Å². The SMILES string of the molecule is CCCCC1(C(=O)O)C=CC(c2ccccc2N2CCCCC2)=C(C)C1CC(N)=O. The van der Waals surface area contributed by atoms with Gasteiger partial charge >= 0.3 is 5.97 Å². The van der Waals surface area contributed by atoms with Crippen molar-refractivity contribution in [3.05, 3.63) is 47.6 Å². The van der Waals surface area contributed by atoms with Crippen LogP contribution in [0.4, 0.5) is 5.69 Å². The zero-order valence-corrected chi connectivity index (χ0v) is 18.2. The molecule has 0 spiro atoms. The number of amides is 1. The molecule has 3 N–H and O–H groups in total. The third-order valence-electron chi connectivity index (χ3n) is 6.76. The molecule has 1 fully saturated rings. The van der Waals surface area contributed by atoms with Crippen LogP contribution in [0.3, 0.4) is 0 Å². The molecule has 1 amide bonds. The number of hydrogen-bond donors (Lipinski definition) is 2. The Morgan fingerprint density at radius 1 is 1.20 bits per heavy atom. The number of carboxylic acids is 1. The number of hydrogen-bond acceptors (Lipinski definition) is 3. The molecule has 1 aromatic rings. The fraction of sp³-hybridized carbons (Fsp3) is 0.520. The highest BCUT2D eigenvalue weighted by Gasteiger charge is 2.47. The van der Waals surface area contributed by atoms with Crippen LogP contribution in [0, 0.1) is 11.3 Å². The zero-order valence-electron chi connectivity index (χ0n) is 18.2. The lowest BCUT2D eigenvalue weighted by atomic mass is 9.63. The lowest BCUT2D eigenvalue weighted by Crippen LogP contribution is -2.41. The maximum atomic E-state index is 12.4. The van der Waals surface area contributed by atoms with Crippen LogP contribution in [0.1, 0.15) is 64.4 Å². The summed E-state index contributed by atoms with van der Waals surface area (Å²) in [4.78, 5) is 26.8. The van der Waals surface area contributed by atoms with E-state index in [0.717, 1.165) is 42.6 Å². The van der Waals surface area contributed by atoms with Gasteiger partial charge in [-0.2, -0.15) is 0 Å². The zero-order chi connectivity index (χ0) is 21.7. The number of para-hydroxylation sites is 1. The third kappa shape index (κ3) is 4.30. The molecule has 0 radical (unpaired) electrons. The number of nitrogens with zero attached hydrogens (tertiary/aromatic N) is 1. The summed E-state index contributed by atoms with van der Waals surface area (Å²) in [5, 5.41) is 10.2. The molecule has 1 aliphatic carbocycles. The van der Waals surface area contributed by atoms with Gasteiger partial charge in [0.15, 0.2) is 0 Å². The van der Waals surface area contributed by atoms with Gasteiger partial charge in [-0.1, -0.05) is 55.7 Å². The van der Waals surface area contributed by atoms with Crippen LogP contribution >= 0.6 is 0 Å². The Bertz CT molecular complexity index is 852. The second-order valence-corrected chi connectivity index (χ2v) is 8.67. The van der Waals surface area contributed by atoms with Crippen molar-refractivity contribution in [3.63, 3.8) is 0 Å². The summed E-state index contributed by atoms with van der Waals surface area (Å²) >= 11 is 0. The molecule has 5 nitrogen and oxygen atoms in total. The molecular weight excluding hydrogens is 376 g/mol. The monoisotopic (exact) mass is 410 g/mol. The summed E-state index contributed by atoms with van der Waals surface area (Å²) in [6, 6.07) is 8.33. The summed E-state index contributed by atoms with van der Waals surface area (Å²) in [7, 11) is 0. The molecule has 30 heavy (non-hydrogen) atoms. The van der Waals surface area contributed by atoms with Crippen molar-refractivity contribution in [2.75, 3.05) is 18.0 Å². The largest absolute Gasteiger partial charge is 0.481 e. The molecule has 2 aliphatic rings. The minimum absolute atomic E-state index is 0.0432. The Balaban J connectivity index is 2.08. The molecule has 1 aliphatic heterocycles. The van der Waals surface area contributed by atoms with Gasteiger partial charge in [-0.3, -0.25) is 9.59 Å². The summed E-state index contributed by atoms with van der Waals surface area (Å²) in [6.07, 6.45) is 9.68. The fourth-order valence-corrected chi connectivity index (χ4v) is 5.06. The first-order valence-electron chi connectivity index (χ1n) is 11.2. The smallest absolute Gasteiger partial charge is 0.314 e. The van der Waals surface area contributed by atoms with Crippen LogP contribution in [-0.2, 0) is 9.59 Å². The van der Waals surface area contributed by atoms with Crippen LogP contribution < -0.4 is 10.6 Å². The van der Waals surface area contributed by atoms with Gasteiger partial charge < -0.3 is 15.7 Å². The highest BCUT2D eigenvalue weighted by Crippen LogP contribution is 2.48. The molecule has 1 aromatic carbocycles. The average molecular weight is 411 g/mol. The first-order chi connectivity index (χ1) is 14.4. The number of rotatable bonds is 8. The molecule has 162 valence electrons. The lowest BCUT2D eigenvalue weighted by Gasteiger charge is -2.39. The number of carbonyl (C=O) groups excluding carboxylic acids is 1. The van der Waals surface area contributed by atoms with Crippen molar-refractivity contribution in [3.8, 4) is 0 Å². The minimum atomic E-state index is -1.08. The first kappa shape index (κ1) is 22.1. The Labute approximate surface area is 179 Å². The van der Waals surface area contributed by atoms with Gasteiger partial charge in [-0.25, -0.2) is 0 Å². The van der Waals surface area contributed by atoms with Crippen LogP contribution in [-0.4, -0.2) is 30.1 Å². The standard InChI is InChI=1S/C25H34N2O3/c1-3-4-13-25(24(29)30)14-12-19(18(2)21(25)17-23(26)28)20-10-6-7-11-22(20)27-15-8-5-9-16-27/h6-7,10-12,14,21H,3-5,8-9,13,15-17H2,1-2H3,(H2,26,28)(H,29,30). The number of unbranched alkanes of at least 4 members (excludes halogenated alkanes) is 1. The van der Waals surface area contributed by atoms with Crippen molar-refractivity contribution in [2.24, 2.45) is 17.1 Å². The molecule has 0 bridgehead atoms. The first-order valence-corrected chi connectivity index (χ1v) is 11.2. The number of anilines is 1. The molecule has 1 saturated heterocycles. The Kier molecular flexibility index (Phi) is 7.01. The number of piperidine rings is 1. The summed E-state index contributed by atoms with van der Waals surface area (Å²) < 4.78 is 0. The quantitative estimate of drug-likeness (QED) is 0.646.